The first-order chi connectivity index (χ1) is 7.65. The Morgan fingerprint density at radius 2 is 2.31 bits per heavy atom. The summed E-state index contributed by atoms with van der Waals surface area (Å²) in [5.41, 5.74) is 6.91. The van der Waals surface area contributed by atoms with Gasteiger partial charge in [0, 0.05) is 0 Å². The Morgan fingerprint density at radius 1 is 1.50 bits per heavy atom. The molecule has 0 fully saturated rings. The van der Waals surface area contributed by atoms with Crippen LogP contribution < -0.4 is 11.1 Å². The zero-order valence-electron chi connectivity index (χ0n) is 8.60. The molecule has 3 N–H and O–H groups in total. The third-order valence-corrected chi connectivity index (χ3v) is 1.86. The maximum atomic E-state index is 11.6. The van der Waals surface area contributed by atoms with E-state index in [0.29, 0.717) is 11.4 Å². The number of hydrogen-bond donors (Lipinski definition) is 2. The first-order valence-electron chi connectivity index (χ1n) is 4.60. The van der Waals surface area contributed by atoms with Gasteiger partial charge in [0.05, 0.1) is 17.6 Å². The van der Waals surface area contributed by atoms with Gasteiger partial charge in [0.15, 0.2) is 0 Å². The molecule has 0 saturated heterocycles. The van der Waals surface area contributed by atoms with Crippen LogP contribution in [-0.2, 0) is 0 Å². The van der Waals surface area contributed by atoms with Crippen LogP contribution >= 0.6 is 0 Å². The van der Waals surface area contributed by atoms with E-state index in [-0.39, 0.29) is 17.6 Å². The number of carbonyl (C=O) groups is 1. The van der Waals surface area contributed by atoms with Gasteiger partial charge >= 0.3 is 6.01 Å². The van der Waals surface area contributed by atoms with Crippen LogP contribution in [-0.4, -0.2) is 15.9 Å². The summed E-state index contributed by atoms with van der Waals surface area (Å²) in [4.78, 5) is 19.4. The van der Waals surface area contributed by atoms with Crippen LogP contribution in [0.5, 0.6) is 0 Å². The number of nitrogens with one attached hydrogen (secondary N) is 1. The Bertz CT molecular complexity index is 504. The van der Waals surface area contributed by atoms with Crippen molar-refractivity contribution in [1.82, 2.24) is 9.97 Å². The van der Waals surface area contributed by atoms with Crippen molar-refractivity contribution < 1.29 is 9.21 Å². The van der Waals surface area contributed by atoms with Crippen molar-refractivity contribution in [2.24, 2.45) is 0 Å². The van der Waals surface area contributed by atoms with E-state index in [1.807, 2.05) is 0 Å². The Labute approximate surface area is 91.5 Å². The molecule has 0 spiro atoms. The maximum Gasteiger partial charge on any atom is 0.301 e. The Balaban J connectivity index is 2.11. The summed E-state index contributed by atoms with van der Waals surface area (Å²) in [6.07, 6.45) is 2.86. The Morgan fingerprint density at radius 3 is 2.88 bits per heavy atom. The summed E-state index contributed by atoms with van der Waals surface area (Å²) in [6.45, 7) is 1.76. The molecule has 82 valence electrons. The average Bonchev–Trinajstić information content (AvgIpc) is 2.65. The second-order valence-electron chi connectivity index (χ2n) is 3.22. The number of amides is 1. The van der Waals surface area contributed by atoms with Gasteiger partial charge in [0.2, 0.25) is 0 Å². The number of oxazole rings is 1. The van der Waals surface area contributed by atoms with E-state index >= 15 is 0 Å². The van der Waals surface area contributed by atoms with Crippen molar-refractivity contribution in [3.05, 3.63) is 36.0 Å². The summed E-state index contributed by atoms with van der Waals surface area (Å²) in [6, 6.07) is 3.28. The molecule has 6 heteroatoms. The molecule has 0 unspecified atom stereocenters. The molecule has 0 radical (unpaired) electrons. The van der Waals surface area contributed by atoms with E-state index in [9.17, 15) is 4.79 Å². The Hall–Kier alpha value is -2.37. The zero-order valence-corrected chi connectivity index (χ0v) is 8.60. The molecule has 16 heavy (non-hydrogen) atoms. The fourth-order valence-electron chi connectivity index (χ4n) is 1.11. The van der Waals surface area contributed by atoms with Crippen LogP contribution in [0, 0.1) is 6.92 Å². The van der Waals surface area contributed by atoms with Crippen LogP contribution in [0.15, 0.2) is 29.0 Å². The smallest absolute Gasteiger partial charge is 0.301 e. The second-order valence-corrected chi connectivity index (χ2v) is 3.22. The van der Waals surface area contributed by atoms with Gasteiger partial charge in [0.25, 0.3) is 5.91 Å². The lowest BCUT2D eigenvalue weighted by molar-refractivity contribution is 0.101. The van der Waals surface area contributed by atoms with E-state index in [1.165, 1.54) is 18.5 Å². The molecular weight excluding hydrogens is 208 g/mol. The van der Waals surface area contributed by atoms with Gasteiger partial charge in [-0.15, -0.1) is 0 Å². The highest BCUT2D eigenvalue weighted by atomic mass is 16.4. The molecule has 2 aromatic rings. The molecule has 2 aromatic heterocycles. The zero-order chi connectivity index (χ0) is 11.5. The van der Waals surface area contributed by atoms with E-state index in [0.717, 1.165) is 0 Å². The largest absolute Gasteiger partial charge is 0.432 e. The van der Waals surface area contributed by atoms with Gasteiger partial charge in [-0.3, -0.25) is 10.1 Å². The molecule has 0 bridgehead atoms. The van der Waals surface area contributed by atoms with Crippen molar-refractivity contribution in [2.45, 2.75) is 6.92 Å². The van der Waals surface area contributed by atoms with E-state index in [4.69, 9.17) is 10.2 Å². The molecule has 1 amide bonds. The average molecular weight is 218 g/mol. The highest BCUT2D eigenvalue weighted by Gasteiger charge is 2.10. The van der Waals surface area contributed by atoms with Crippen LogP contribution in [0.2, 0.25) is 0 Å². The van der Waals surface area contributed by atoms with E-state index in [2.05, 4.69) is 15.3 Å². The summed E-state index contributed by atoms with van der Waals surface area (Å²) in [5, 5.41) is 2.48. The number of carbonyl (C=O) groups excluding carboxylic acids is 1. The molecule has 0 aliphatic heterocycles. The SMILES string of the molecule is Cc1coc(NC(=O)c2ccc(N)cn2)n1. The number of pyridine rings is 1. The quantitative estimate of drug-likeness (QED) is 0.790. The number of rotatable bonds is 2. The topological polar surface area (TPSA) is 94.0 Å². The lowest BCUT2D eigenvalue weighted by Crippen LogP contribution is -2.13. The number of nitrogens with zero attached hydrogens (tertiary/aromatic N) is 2. The van der Waals surface area contributed by atoms with Crippen LogP contribution in [0.25, 0.3) is 0 Å². The van der Waals surface area contributed by atoms with Crippen molar-refractivity contribution in [2.75, 3.05) is 11.1 Å². The predicted octanol–water partition coefficient (Wildman–Crippen LogP) is 1.21. The minimum atomic E-state index is -0.387. The van der Waals surface area contributed by atoms with Gasteiger partial charge in [-0.1, -0.05) is 0 Å². The van der Waals surface area contributed by atoms with E-state index in [1.54, 1.807) is 13.0 Å². The van der Waals surface area contributed by atoms with Gasteiger partial charge < -0.3 is 10.2 Å². The molecule has 0 atom stereocenters. The fraction of sp³-hybridized carbons (Fsp3) is 0.100. The van der Waals surface area contributed by atoms with Gasteiger partial charge in [-0.2, -0.15) is 4.98 Å². The number of nitrogen functional groups attached to an aromatic ring is 1. The van der Waals surface area contributed by atoms with Crippen molar-refractivity contribution in [3.63, 3.8) is 0 Å². The van der Waals surface area contributed by atoms with Crippen molar-refractivity contribution >= 4 is 17.6 Å². The molecular formula is C10H10N4O2. The normalized spacial score (nSPS) is 10.1. The number of anilines is 2. The van der Waals surface area contributed by atoms with Gasteiger partial charge in [0.1, 0.15) is 12.0 Å². The molecule has 0 aromatic carbocycles. The van der Waals surface area contributed by atoms with Crippen molar-refractivity contribution in [3.8, 4) is 0 Å². The number of nitrogens with two attached hydrogens (primary N) is 1. The lowest BCUT2D eigenvalue weighted by Gasteiger charge is -1.99. The van der Waals surface area contributed by atoms with E-state index < -0.39 is 0 Å². The standard InChI is InChI=1S/C10H10N4O2/c1-6-5-16-10(13-6)14-9(15)8-3-2-7(11)4-12-8/h2-5H,11H2,1H3,(H,13,14,15). The minimum absolute atomic E-state index is 0.154. The van der Waals surface area contributed by atoms with Crippen molar-refractivity contribution in [1.29, 1.82) is 0 Å². The highest BCUT2D eigenvalue weighted by Crippen LogP contribution is 2.08. The second kappa shape index (κ2) is 4.01. The fourth-order valence-corrected chi connectivity index (χ4v) is 1.11. The molecule has 0 saturated carbocycles. The summed E-state index contributed by atoms with van der Waals surface area (Å²) in [5.74, 6) is -0.387. The number of aryl methyl sites for hydroxylation is 1. The van der Waals surface area contributed by atoms with Gasteiger partial charge in [-0.25, -0.2) is 4.98 Å². The van der Waals surface area contributed by atoms with Crippen LogP contribution in [0.1, 0.15) is 16.2 Å². The summed E-state index contributed by atoms with van der Waals surface area (Å²) < 4.78 is 4.98. The highest BCUT2D eigenvalue weighted by molar-refractivity contribution is 6.01. The summed E-state index contributed by atoms with van der Waals surface area (Å²) in [7, 11) is 0. The Kier molecular flexibility index (Phi) is 2.55. The lowest BCUT2D eigenvalue weighted by atomic mass is 10.3. The predicted molar refractivity (Wildman–Crippen MR) is 57.8 cm³/mol. The molecule has 2 rings (SSSR count). The first-order valence-corrected chi connectivity index (χ1v) is 4.60. The third kappa shape index (κ3) is 2.17. The molecule has 6 nitrogen and oxygen atoms in total. The molecule has 2 heterocycles. The first kappa shape index (κ1) is 10.2. The van der Waals surface area contributed by atoms with Crippen LogP contribution in [0.3, 0.4) is 0 Å². The number of hydrogen-bond acceptors (Lipinski definition) is 5. The maximum absolute atomic E-state index is 11.6. The van der Waals surface area contributed by atoms with Gasteiger partial charge in [-0.05, 0) is 19.1 Å². The number of aromatic nitrogens is 2. The monoisotopic (exact) mass is 218 g/mol. The van der Waals surface area contributed by atoms with Crippen LogP contribution in [0.4, 0.5) is 11.7 Å². The summed E-state index contributed by atoms with van der Waals surface area (Å²) >= 11 is 0. The molecule has 0 aliphatic rings. The minimum Gasteiger partial charge on any atom is -0.432 e. The third-order valence-electron chi connectivity index (χ3n) is 1.86. The molecule has 0 aliphatic carbocycles.